The van der Waals surface area contributed by atoms with E-state index < -0.39 is 0 Å². The number of Topliss-reactive ketones (excluding diaryl/α,β-unsaturated/α-hetero) is 1. The van der Waals surface area contributed by atoms with Gasteiger partial charge in [0.1, 0.15) is 25.1 Å². The Bertz CT molecular complexity index is 855. The molecule has 160 valence electrons. The van der Waals surface area contributed by atoms with Crippen molar-refractivity contribution >= 4 is 23.5 Å². The van der Waals surface area contributed by atoms with Crippen LogP contribution in [0.25, 0.3) is 0 Å². The Morgan fingerprint density at radius 3 is 2.73 bits per heavy atom. The maximum Gasteiger partial charge on any atom is 0.410 e. The number of hydrogen-bond acceptors (Lipinski definition) is 5. The first-order valence-corrected chi connectivity index (χ1v) is 10.4. The summed E-state index contributed by atoms with van der Waals surface area (Å²) >= 11 is 6.02. The first kappa shape index (κ1) is 22.1. The topological polar surface area (TPSA) is 65.1 Å². The monoisotopic (exact) mass is 431 g/mol. The summed E-state index contributed by atoms with van der Waals surface area (Å²) in [4.78, 5) is 25.6. The van der Waals surface area contributed by atoms with Crippen LogP contribution in [0.2, 0.25) is 5.02 Å². The van der Waals surface area contributed by atoms with Gasteiger partial charge >= 0.3 is 6.09 Å². The summed E-state index contributed by atoms with van der Waals surface area (Å²) in [5.41, 5.74) is 1.80. The lowest BCUT2D eigenvalue weighted by molar-refractivity contribution is -0.122. The van der Waals surface area contributed by atoms with E-state index in [-0.39, 0.29) is 24.6 Å². The molecule has 1 aliphatic heterocycles. The number of amides is 1. The number of nitrogens with zero attached hydrogens (tertiary/aromatic N) is 1. The minimum Gasteiger partial charge on any atom is -0.492 e. The Hall–Kier alpha value is -2.57. The van der Waals surface area contributed by atoms with Crippen molar-refractivity contribution in [2.75, 3.05) is 32.9 Å². The Labute approximate surface area is 181 Å². The largest absolute Gasteiger partial charge is 0.492 e. The van der Waals surface area contributed by atoms with Crippen molar-refractivity contribution in [3.05, 3.63) is 64.7 Å². The Kier molecular flexibility index (Phi) is 8.11. The molecule has 0 bridgehead atoms. The number of halogens is 1. The summed E-state index contributed by atoms with van der Waals surface area (Å²) in [6.07, 6.45) is 0.557. The van der Waals surface area contributed by atoms with Crippen molar-refractivity contribution < 1.29 is 23.8 Å². The number of rotatable bonds is 11. The number of carbonyl (C=O) groups is 2. The minimum atomic E-state index is -0.359. The van der Waals surface area contributed by atoms with Gasteiger partial charge in [0.15, 0.2) is 5.78 Å². The van der Waals surface area contributed by atoms with Crippen LogP contribution in [0.4, 0.5) is 4.79 Å². The van der Waals surface area contributed by atoms with E-state index in [2.05, 4.69) is 0 Å². The molecule has 3 rings (SSSR count). The number of ether oxygens (including phenoxy) is 3. The molecule has 0 aromatic heterocycles. The van der Waals surface area contributed by atoms with Crippen LogP contribution in [-0.4, -0.2) is 49.7 Å². The van der Waals surface area contributed by atoms with Crippen molar-refractivity contribution in [1.29, 1.82) is 0 Å². The Morgan fingerprint density at radius 2 is 2.00 bits per heavy atom. The zero-order chi connectivity index (χ0) is 21.3. The van der Waals surface area contributed by atoms with E-state index >= 15 is 0 Å². The smallest absolute Gasteiger partial charge is 0.410 e. The van der Waals surface area contributed by atoms with Crippen molar-refractivity contribution in [2.45, 2.75) is 25.9 Å². The van der Waals surface area contributed by atoms with Crippen LogP contribution in [-0.2, 0) is 20.7 Å². The molecule has 2 aromatic rings. The normalized spacial score (nSPS) is 15.9. The zero-order valence-electron chi connectivity index (χ0n) is 17.0. The summed E-state index contributed by atoms with van der Waals surface area (Å²) in [5, 5.41) is 0.615. The molecule has 1 aliphatic rings. The van der Waals surface area contributed by atoms with Gasteiger partial charge in [-0.25, -0.2) is 4.79 Å². The van der Waals surface area contributed by atoms with Gasteiger partial charge in [-0.1, -0.05) is 42.8 Å². The van der Waals surface area contributed by atoms with Gasteiger partial charge < -0.3 is 19.1 Å². The molecule has 0 spiro atoms. The molecule has 6 nitrogen and oxygen atoms in total. The fraction of sp³-hybridized carbons (Fsp3) is 0.391. The first-order chi connectivity index (χ1) is 14.5. The lowest BCUT2D eigenvalue weighted by Gasteiger charge is -2.14. The lowest BCUT2D eigenvalue weighted by atomic mass is 10.1. The molecule has 0 N–H and O–H groups in total. The van der Waals surface area contributed by atoms with Gasteiger partial charge in [-0.2, -0.15) is 0 Å². The van der Waals surface area contributed by atoms with Crippen molar-refractivity contribution in [3.63, 3.8) is 0 Å². The van der Waals surface area contributed by atoms with E-state index in [1.807, 2.05) is 49.4 Å². The van der Waals surface area contributed by atoms with E-state index in [0.29, 0.717) is 43.5 Å². The molecular formula is C23H26ClNO5. The SMILES string of the molecule is CCCOCC(=O)Cc1ccc(OCCN2CC(c3cccc(Cl)c3)OC2=O)cc1. The molecule has 1 heterocycles. The highest BCUT2D eigenvalue weighted by Gasteiger charge is 2.32. The third-order valence-corrected chi connectivity index (χ3v) is 4.91. The average Bonchev–Trinajstić information content (AvgIpc) is 3.10. The van der Waals surface area contributed by atoms with Crippen LogP contribution in [0, 0.1) is 0 Å². The van der Waals surface area contributed by atoms with E-state index in [0.717, 1.165) is 17.5 Å². The molecule has 30 heavy (non-hydrogen) atoms. The van der Waals surface area contributed by atoms with E-state index in [9.17, 15) is 9.59 Å². The van der Waals surface area contributed by atoms with Crippen molar-refractivity contribution in [2.24, 2.45) is 0 Å². The number of hydrogen-bond donors (Lipinski definition) is 0. The molecular weight excluding hydrogens is 406 g/mol. The molecule has 7 heteroatoms. The maximum atomic E-state index is 12.1. The molecule has 2 aromatic carbocycles. The minimum absolute atomic E-state index is 0.0546. The standard InChI is InChI=1S/C23H26ClNO5/c1-2-11-28-16-20(26)13-17-6-8-21(9-7-17)29-12-10-25-15-22(30-23(25)27)18-4-3-5-19(24)14-18/h3-9,14,22H,2,10-13,15-16H2,1H3. The Morgan fingerprint density at radius 1 is 1.20 bits per heavy atom. The highest BCUT2D eigenvalue weighted by atomic mass is 35.5. The molecule has 0 radical (unpaired) electrons. The fourth-order valence-electron chi connectivity index (χ4n) is 3.16. The maximum absolute atomic E-state index is 12.1. The number of cyclic esters (lactones) is 1. The van der Waals surface area contributed by atoms with Gasteiger partial charge in [-0.05, 0) is 41.8 Å². The van der Waals surface area contributed by atoms with E-state index in [4.69, 9.17) is 25.8 Å². The van der Waals surface area contributed by atoms with E-state index in [1.54, 1.807) is 11.0 Å². The van der Waals surface area contributed by atoms with Gasteiger partial charge in [-0.15, -0.1) is 0 Å². The zero-order valence-corrected chi connectivity index (χ0v) is 17.8. The highest BCUT2D eigenvalue weighted by molar-refractivity contribution is 6.30. The first-order valence-electron chi connectivity index (χ1n) is 10.1. The summed E-state index contributed by atoms with van der Waals surface area (Å²) in [7, 11) is 0. The van der Waals surface area contributed by atoms with Crippen LogP contribution in [0.3, 0.4) is 0 Å². The molecule has 1 saturated heterocycles. The summed E-state index contributed by atoms with van der Waals surface area (Å²) < 4.78 is 16.4. The third-order valence-electron chi connectivity index (χ3n) is 4.67. The summed E-state index contributed by atoms with van der Waals surface area (Å²) in [6, 6.07) is 14.7. The lowest BCUT2D eigenvalue weighted by Crippen LogP contribution is -2.29. The van der Waals surface area contributed by atoms with Gasteiger partial charge in [-0.3, -0.25) is 4.79 Å². The van der Waals surface area contributed by atoms with Crippen LogP contribution in [0.1, 0.15) is 30.6 Å². The molecule has 1 unspecified atom stereocenters. The number of carbonyl (C=O) groups excluding carboxylic acids is 2. The van der Waals surface area contributed by atoms with Gasteiger partial charge in [0.05, 0.1) is 13.1 Å². The fourth-order valence-corrected chi connectivity index (χ4v) is 3.36. The summed E-state index contributed by atoms with van der Waals surface area (Å²) in [5.74, 6) is 0.742. The predicted octanol–water partition coefficient (Wildman–Crippen LogP) is 4.45. The van der Waals surface area contributed by atoms with Crippen LogP contribution in [0.5, 0.6) is 5.75 Å². The molecule has 0 saturated carbocycles. The molecule has 1 atom stereocenters. The van der Waals surface area contributed by atoms with Gasteiger partial charge in [0.25, 0.3) is 0 Å². The summed E-state index contributed by atoms with van der Waals surface area (Å²) in [6.45, 7) is 3.99. The second kappa shape index (κ2) is 11.0. The van der Waals surface area contributed by atoms with Crippen LogP contribution >= 0.6 is 11.6 Å². The van der Waals surface area contributed by atoms with Gasteiger partial charge in [0, 0.05) is 18.1 Å². The van der Waals surface area contributed by atoms with Crippen LogP contribution in [0.15, 0.2) is 48.5 Å². The highest BCUT2D eigenvalue weighted by Crippen LogP contribution is 2.27. The number of ketones is 1. The van der Waals surface area contributed by atoms with Crippen molar-refractivity contribution in [1.82, 2.24) is 4.90 Å². The van der Waals surface area contributed by atoms with Crippen LogP contribution < -0.4 is 4.74 Å². The average molecular weight is 432 g/mol. The second-order valence-electron chi connectivity index (χ2n) is 7.13. The third kappa shape index (κ3) is 6.47. The van der Waals surface area contributed by atoms with Crippen molar-refractivity contribution in [3.8, 4) is 5.75 Å². The Balaban J connectivity index is 1.42. The molecule has 0 aliphatic carbocycles. The second-order valence-corrected chi connectivity index (χ2v) is 7.57. The molecule has 1 fully saturated rings. The van der Waals surface area contributed by atoms with E-state index in [1.165, 1.54) is 0 Å². The molecule has 1 amide bonds. The quantitative estimate of drug-likeness (QED) is 0.492. The predicted molar refractivity (Wildman–Crippen MR) is 114 cm³/mol. The number of benzene rings is 2. The van der Waals surface area contributed by atoms with Gasteiger partial charge in [0.2, 0.25) is 0 Å².